The molecule has 1 aromatic carbocycles. The summed E-state index contributed by atoms with van der Waals surface area (Å²) in [6.07, 6.45) is -1.20. The molecule has 4 atom stereocenters. The van der Waals surface area contributed by atoms with Crippen molar-refractivity contribution in [2.75, 3.05) is 19.0 Å². The number of carbonyl (C=O) groups is 1. The maximum absolute atomic E-state index is 11.5. The second-order valence-corrected chi connectivity index (χ2v) is 6.95. The third kappa shape index (κ3) is 3.71. The van der Waals surface area contributed by atoms with E-state index >= 15 is 0 Å². The second-order valence-electron chi connectivity index (χ2n) is 6.95. The number of anilines is 2. The second kappa shape index (κ2) is 8.32. The fourth-order valence-electron chi connectivity index (χ4n) is 3.36. The molecule has 3 aromatic rings. The molecule has 0 spiro atoms. The fourth-order valence-corrected chi connectivity index (χ4v) is 3.36. The molecule has 1 aliphatic rings. The number of hydrogen-bond donors (Lipinski definition) is 5. The fraction of sp³-hybridized carbons (Fsp3) is 0.368. The van der Waals surface area contributed by atoms with Crippen LogP contribution in [0.1, 0.15) is 11.8 Å². The number of hydrogen-bond acceptors (Lipinski definition) is 9. The van der Waals surface area contributed by atoms with Crippen molar-refractivity contribution in [2.45, 2.75) is 31.0 Å². The predicted molar refractivity (Wildman–Crippen MR) is 106 cm³/mol. The number of likely N-dealkylation sites (N-methyl/N-ethyl adjacent to an activating group) is 1. The topological polar surface area (TPSA) is 155 Å². The zero-order chi connectivity index (χ0) is 21.3. The van der Waals surface area contributed by atoms with Crippen LogP contribution in [0.2, 0.25) is 0 Å². The minimum absolute atomic E-state index is 0.0661. The molecule has 0 radical (unpaired) electrons. The van der Waals surface area contributed by atoms with Crippen molar-refractivity contribution in [1.29, 1.82) is 0 Å². The van der Waals surface area contributed by atoms with Crippen LogP contribution in [-0.4, -0.2) is 72.7 Å². The number of aliphatic hydroxyl groups excluding tert-OH is 3. The van der Waals surface area contributed by atoms with Crippen LogP contribution in [0.3, 0.4) is 0 Å². The summed E-state index contributed by atoms with van der Waals surface area (Å²) in [5, 5.41) is 35.3. The number of ether oxygens (including phenoxy) is 1. The van der Waals surface area contributed by atoms with Crippen LogP contribution in [-0.2, 0) is 16.0 Å². The van der Waals surface area contributed by atoms with Gasteiger partial charge in [0.15, 0.2) is 23.2 Å². The first-order valence-corrected chi connectivity index (χ1v) is 9.38. The van der Waals surface area contributed by atoms with Crippen molar-refractivity contribution in [3.63, 3.8) is 0 Å². The molecular formula is C19H22N6O5. The minimum Gasteiger partial charge on any atom is -0.394 e. The molecule has 158 valence electrons. The first-order chi connectivity index (χ1) is 14.5. The molecule has 1 unspecified atom stereocenters. The Labute approximate surface area is 171 Å². The number of imidazole rings is 1. The molecule has 5 N–H and O–H groups in total. The lowest BCUT2D eigenvalue weighted by atomic mass is 10.1. The van der Waals surface area contributed by atoms with Gasteiger partial charge >= 0.3 is 0 Å². The smallest absolute Gasteiger partial charge is 0.224 e. The Kier molecular flexibility index (Phi) is 5.59. The van der Waals surface area contributed by atoms with E-state index in [4.69, 9.17) is 4.74 Å². The minimum atomic E-state index is -1.24. The third-order valence-corrected chi connectivity index (χ3v) is 5.01. The number of carbonyl (C=O) groups excluding carboxylic acids is 1. The number of nitrogens with one attached hydrogen (secondary N) is 2. The van der Waals surface area contributed by atoms with Crippen molar-refractivity contribution < 1.29 is 24.9 Å². The van der Waals surface area contributed by atoms with E-state index in [0.29, 0.717) is 23.4 Å². The predicted octanol–water partition coefficient (Wildman–Crippen LogP) is -0.530. The van der Waals surface area contributed by atoms with Crippen LogP contribution in [0.4, 0.5) is 11.5 Å². The van der Waals surface area contributed by atoms with Crippen molar-refractivity contribution in [3.05, 3.63) is 42.5 Å². The van der Waals surface area contributed by atoms with Gasteiger partial charge in [-0.3, -0.25) is 9.36 Å². The summed E-state index contributed by atoms with van der Waals surface area (Å²) >= 11 is 0. The Hall–Kier alpha value is -3.12. The number of aliphatic hydroxyl groups is 3. The van der Waals surface area contributed by atoms with E-state index in [0.717, 1.165) is 11.3 Å². The van der Waals surface area contributed by atoms with Crippen LogP contribution >= 0.6 is 0 Å². The van der Waals surface area contributed by atoms with Crippen LogP contribution < -0.4 is 10.6 Å². The number of fused-ring (bicyclic) bond motifs is 1. The number of nitrogens with zero attached hydrogens (tertiary/aromatic N) is 4. The van der Waals surface area contributed by atoms with Gasteiger partial charge in [0.1, 0.15) is 24.6 Å². The summed E-state index contributed by atoms with van der Waals surface area (Å²) in [5.74, 6) is 0.383. The standard InChI is InChI=1S/C19H22N6O5/c1-20-13(27)6-10-2-4-11(5-3-10)24-17-14-18(22-8-21-17)25(9-23-14)19-16(29)15(28)12(7-26)30-19/h2-5,8-9,12,15-16,19,26,28-29H,6-7H2,1H3,(H,20,27)(H,21,22,24)/t12-,15-,16-,19?/m1/s1. The van der Waals surface area contributed by atoms with Gasteiger partial charge < -0.3 is 30.7 Å². The van der Waals surface area contributed by atoms with Gasteiger partial charge in [-0.25, -0.2) is 15.0 Å². The van der Waals surface area contributed by atoms with Crippen molar-refractivity contribution in [1.82, 2.24) is 24.8 Å². The summed E-state index contributed by atoms with van der Waals surface area (Å²) in [6.45, 7) is -0.418. The van der Waals surface area contributed by atoms with Crippen molar-refractivity contribution in [3.8, 4) is 0 Å². The van der Waals surface area contributed by atoms with Crippen LogP contribution in [0.5, 0.6) is 0 Å². The normalized spacial score (nSPS) is 23.6. The molecule has 0 aliphatic carbocycles. The zero-order valence-corrected chi connectivity index (χ0v) is 16.1. The summed E-state index contributed by atoms with van der Waals surface area (Å²) in [7, 11) is 1.60. The molecule has 0 bridgehead atoms. The summed E-state index contributed by atoms with van der Waals surface area (Å²) in [5.41, 5.74) is 2.47. The highest BCUT2D eigenvalue weighted by atomic mass is 16.6. The summed E-state index contributed by atoms with van der Waals surface area (Å²) < 4.78 is 7.06. The van der Waals surface area contributed by atoms with Gasteiger partial charge in [-0.05, 0) is 17.7 Å². The van der Waals surface area contributed by atoms with E-state index < -0.39 is 31.1 Å². The first-order valence-electron chi connectivity index (χ1n) is 9.38. The lowest BCUT2D eigenvalue weighted by Gasteiger charge is -2.16. The lowest BCUT2D eigenvalue weighted by molar-refractivity contribution is -0.119. The van der Waals surface area contributed by atoms with Crippen molar-refractivity contribution >= 4 is 28.6 Å². The molecule has 4 rings (SSSR count). The SMILES string of the molecule is CNC(=O)Cc1ccc(Nc2ncnc3c2ncn3C2O[C@H](CO)[C@@H](O)[C@H]2O)cc1. The number of amides is 1. The monoisotopic (exact) mass is 414 g/mol. The molecule has 11 heteroatoms. The number of aromatic nitrogens is 4. The van der Waals surface area contributed by atoms with E-state index in [1.54, 1.807) is 7.05 Å². The molecule has 30 heavy (non-hydrogen) atoms. The van der Waals surface area contributed by atoms with E-state index in [1.807, 2.05) is 24.3 Å². The highest BCUT2D eigenvalue weighted by molar-refractivity contribution is 5.85. The van der Waals surface area contributed by atoms with Gasteiger partial charge in [0.2, 0.25) is 5.91 Å². The molecular weight excluding hydrogens is 392 g/mol. The van der Waals surface area contributed by atoms with Crippen molar-refractivity contribution in [2.24, 2.45) is 0 Å². The highest BCUT2D eigenvalue weighted by Gasteiger charge is 2.44. The Morgan fingerprint density at radius 1 is 1.17 bits per heavy atom. The maximum Gasteiger partial charge on any atom is 0.224 e. The average Bonchev–Trinajstić information content (AvgIpc) is 3.31. The molecule has 1 fully saturated rings. The van der Waals surface area contributed by atoms with Gasteiger partial charge in [-0.15, -0.1) is 0 Å². The largest absolute Gasteiger partial charge is 0.394 e. The summed E-state index contributed by atoms with van der Waals surface area (Å²) in [4.78, 5) is 24.3. The van der Waals surface area contributed by atoms with E-state index in [9.17, 15) is 20.1 Å². The van der Waals surface area contributed by atoms with Crippen LogP contribution in [0, 0.1) is 0 Å². The molecule has 3 heterocycles. The Balaban J connectivity index is 1.57. The number of rotatable bonds is 6. The van der Waals surface area contributed by atoms with E-state index in [1.165, 1.54) is 17.2 Å². The molecule has 11 nitrogen and oxygen atoms in total. The van der Waals surface area contributed by atoms with E-state index in [2.05, 4.69) is 25.6 Å². The Morgan fingerprint density at radius 3 is 2.60 bits per heavy atom. The Morgan fingerprint density at radius 2 is 1.93 bits per heavy atom. The molecule has 1 aliphatic heterocycles. The lowest BCUT2D eigenvalue weighted by Crippen LogP contribution is -2.33. The molecule has 0 saturated carbocycles. The highest BCUT2D eigenvalue weighted by Crippen LogP contribution is 2.32. The zero-order valence-electron chi connectivity index (χ0n) is 16.1. The first kappa shape index (κ1) is 20.2. The van der Waals surface area contributed by atoms with Crippen LogP contribution in [0.25, 0.3) is 11.2 Å². The van der Waals surface area contributed by atoms with Gasteiger partial charge in [-0.1, -0.05) is 12.1 Å². The maximum atomic E-state index is 11.5. The summed E-state index contributed by atoms with van der Waals surface area (Å²) in [6, 6.07) is 7.34. The molecule has 2 aromatic heterocycles. The van der Waals surface area contributed by atoms with Gasteiger partial charge in [0.25, 0.3) is 0 Å². The van der Waals surface area contributed by atoms with Gasteiger partial charge in [-0.2, -0.15) is 0 Å². The van der Waals surface area contributed by atoms with Crippen LogP contribution in [0.15, 0.2) is 36.9 Å². The molecule has 1 amide bonds. The van der Waals surface area contributed by atoms with Gasteiger partial charge in [0.05, 0.1) is 19.4 Å². The number of benzene rings is 1. The van der Waals surface area contributed by atoms with Gasteiger partial charge in [0, 0.05) is 12.7 Å². The average molecular weight is 414 g/mol. The Bertz CT molecular complexity index is 1040. The third-order valence-electron chi connectivity index (χ3n) is 5.01. The van der Waals surface area contributed by atoms with E-state index in [-0.39, 0.29) is 5.91 Å². The quantitative estimate of drug-likeness (QED) is 0.358. The molecule has 1 saturated heterocycles.